The summed E-state index contributed by atoms with van der Waals surface area (Å²) in [5.41, 5.74) is 3.11. The number of benzene rings is 2. The van der Waals surface area contributed by atoms with Crippen molar-refractivity contribution in [1.82, 2.24) is 10.3 Å². The maximum atomic E-state index is 12.4. The number of hydrogen-bond donors (Lipinski definition) is 1. The van der Waals surface area contributed by atoms with Crippen LogP contribution in [0.5, 0.6) is 5.75 Å². The third-order valence-electron chi connectivity index (χ3n) is 3.84. The molecule has 26 heavy (non-hydrogen) atoms. The van der Waals surface area contributed by atoms with Crippen molar-refractivity contribution in [2.75, 3.05) is 7.11 Å². The van der Waals surface area contributed by atoms with Crippen molar-refractivity contribution in [3.05, 3.63) is 82.1 Å². The Morgan fingerprint density at radius 1 is 1.04 bits per heavy atom. The summed E-state index contributed by atoms with van der Waals surface area (Å²) in [5.74, 6) is 0.533. The number of pyridine rings is 1. The Kier molecular flexibility index (Phi) is 5.76. The monoisotopic (exact) mass is 386 g/mol. The lowest BCUT2D eigenvalue weighted by Gasteiger charge is -2.08. The van der Waals surface area contributed by atoms with Gasteiger partial charge < -0.3 is 10.1 Å². The number of ether oxygens (including phenoxy) is 1. The molecule has 0 bridgehead atoms. The molecule has 1 amide bonds. The number of rotatable bonds is 5. The first-order valence-corrected chi connectivity index (χ1v) is 8.64. The summed E-state index contributed by atoms with van der Waals surface area (Å²) in [6.07, 6.45) is 3.25. The molecule has 0 unspecified atom stereocenters. The maximum Gasteiger partial charge on any atom is 0.253 e. The molecule has 3 aromatic rings. The fraction of sp³-hybridized carbons (Fsp3) is 0.100. The number of amides is 1. The summed E-state index contributed by atoms with van der Waals surface area (Å²) in [6, 6.07) is 14.7. The molecule has 2 aromatic carbocycles. The Morgan fingerprint density at radius 3 is 2.65 bits per heavy atom. The molecule has 0 fully saturated rings. The molecule has 1 heterocycles. The van der Waals surface area contributed by atoms with Gasteiger partial charge in [0.25, 0.3) is 5.91 Å². The van der Waals surface area contributed by atoms with Gasteiger partial charge in [0, 0.05) is 24.5 Å². The first kappa shape index (κ1) is 18.2. The van der Waals surface area contributed by atoms with Crippen LogP contribution in [0.1, 0.15) is 15.9 Å². The highest BCUT2D eigenvalue weighted by Crippen LogP contribution is 2.24. The lowest BCUT2D eigenvalue weighted by atomic mass is 10.1. The fourth-order valence-electron chi connectivity index (χ4n) is 2.46. The molecule has 1 aromatic heterocycles. The number of carbonyl (C=O) groups is 1. The van der Waals surface area contributed by atoms with E-state index in [1.165, 1.54) is 6.20 Å². The molecule has 0 aliphatic carbocycles. The van der Waals surface area contributed by atoms with Gasteiger partial charge in [-0.25, -0.2) is 0 Å². The minimum atomic E-state index is -0.215. The van der Waals surface area contributed by atoms with Crippen LogP contribution in [0.4, 0.5) is 0 Å². The number of carbonyl (C=O) groups excluding carboxylic acids is 1. The van der Waals surface area contributed by atoms with Crippen LogP contribution in [0.3, 0.4) is 0 Å². The minimum Gasteiger partial charge on any atom is -0.497 e. The van der Waals surface area contributed by atoms with Gasteiger partial charge in [-0.3, -0.25) is 9.78 Å². The van der Waals surface area contributed by atoms with E-state index in [4.69, 9.17) is 27.9 Å². The Morgan fingerprint density at radius 2 is 1.88 bits per heavy atom. The van der Waals surface area contributed by atoms with Crippen LogP contribution in [-0.4, -0.2) is 18.0 Å². The first-order valence-electron chi connectivity index (χ1n) is 7.88. The zero-order chi connectivity index (χ0) is 18.5. The van der Waals surface area contributed by atoms with E-state index in [2.05, 4.69) is 10.3 Å². The van der Waals surface area contributed by atoms with Gasteiger partial charge in [0.2, 0.25) is 0 Å². The third kappa shape index (κ3) is 4.34. The zero-order valence-corrected chi connectivity index (χ0v) is 15.5. The quantitative estimate of drug-likeness (QED) is 0.671. The predicted molar refractivity (Wildman–Crippen MR) is 104 cm³/mol. The summed E-state index contributed by atoms with van der Waals surface area (Å²) >= 11 is 11.9. The molecule has 1 N–H and O–H groups in total. The predicted octanol–water partition coefficient (Wildman–Crippen LogP) is 4.99. The Bertz CT molecular complexity index is 945. The average Bonchev–Trinajstić information content (AvgIpc) is 2.68. The van der Waals surface area contributed by atoms with Gasteiger partial charge in [-0.1, -0.05) is 41.4 Å². The van der Waals surface area contributed by atoms with Crippen LogP contribution < -0.4 is 10.1 Å². The van der Waals surface area contributed by atoms with E-state index in [0.29, 0.717) is 22.2 Å². The molecular weight excluding hydrogens is 371 g/mol. The van der Waals surface area contributed by atoms with E-state index in [0.717, 1.165) is 22.4 Å². The number of hydrogen-bond acceptors (Lipinski definition) is 3. The van der Waals surface area contributed by atoms with Crippen LogP contribution in [-0.2, 0) is 6.54 Å². The molecule has 132 valence electrons. The SMILES string of the molecule is COc1cccc(-c2cncc(C(=O)NCc3ccc(Cl)c(Cl)c3)c2)c1. The highest BCUT2D eigenvalue weighted by atomic mass is 35.5. The van der Waals surface area contributed by atoms with Crippen molar-refractivity contribution in [2.24, 2.45) is 0 Å². The second-order valence-electron chi connectivity index (χ2n) is 5.63. The average molecular weight is 387 g/mol. The molecule has 0 spiro atoms. The van der Waals surface area contributed by atoms with Crippen molar-refractivity contribution in [2.45, 2.75) is 6.54 Å². The van der Waals surface area contributed by atoms with Crippen LogP contribution in [0.15, 0.2) is 60.9 Å². The number of methoxy groups -OCH3 is 1. The van der Waals surface area contributed by atoms with E-state index >= 15 is 0 Å². The lowest BCUT2D eigenvalue weighted by molar-refractivity contribution is 0.0950. The number of nitrogens with one attached hydrogen (secondary N) is 1. The van der Waals surface area contributed by atoms with Crippen LogP contribution in [0, 0.1) is 0 Å². The van der Waals surface area contributed by atoms with Gasteiger partial charge in [0.15, 0.2) is 0 Å². The van der Waals surface area contributed by atoms with Gasteiger partial charge in [-0.15, -0.1) is 0 Å². The zero-order valence-electron chi connectivity index (χ0n) is 14.0. The smallest absolute Gasteiger partial charge is 0.253 e. The Hall–Kier alpha value is -2.56. The van der Waals surface area contributed by atoms with Gasteiger partial charge >= 0.3 is 0 Å². The van der Waals surface area contributed by atoms with Crippen LogP contribution >= 0.6 is 23.2 Å². The first-order chi connectivity index (χ1) is 12.6. The van der Waals surface area contributed by atoms with Gasteiger partial charge in [0.1, 0.15) is 5.75 Å². The molecule has 0 atom stereocenters. The van der Waals surface area contributed by atoms with Crippen molar-refractivity contribution in [1.29, 1.82) is 0 Å². The molecular formula is C20H16Cl2N2O2. The highest BCUT2D eigenvalue weighted by molar-refractivity contribution is 6.42. The third-order valence-corrected chi connectivity index (χ3v) is 4.58. The van der Waals surface area contributed by atoms with E-state index in [9.17, 15) is 4.79 Å². The molecule has 0 radical (unpaired) electrons. The summed E-state index contributed by atoms with van der Waals surface area (Å²) in [6.45, 7) is 0.346. The lowest BCUT2D eigenvalue weighted by Crippen LogP contribution is -2.22. The minimum absolute atomic E-state index is 0.215. The van der Waals surface area contributed by atoms with Gasteiger partial charge in [-0.2, -0.15) is 0 Å². The van der Waals surface area contributed by atoms with Crippen LogP contribution in [0.25, 0.3) is 11.1 Å². The largest absolute Gasteiger partial charge is 0.497 e. The van der Waals surface area contributed by atoms with Crippen molar-refractivity contribution < 1.29 is 9.53 Å². The molecule has 3 rings (SSSR count). The van der Waals surface area contributed by atoms with Crippen LogP contribution in [0.2, 0.25) is 10.0 Å². The van der Waals surface area contributed by atoms with Gasteiger partial charge in [0.05, 0.1) is 22.7 Å². The molecule has 6 heteroatoms. The molecule has 0 aliphatic rings. The molecule has 0 saturated heterocycles. The molecule has 4 nitrogen and oxygen atoms in total. The Balaban J connectivity index is 1.74. The second kappa shape index (κ2) is 8.21. The van der Waals surface area contributed by atoms with E-state index in [-0.39, 0.29) is 5.91 Å². The summed E-state index contributed by atoms with van der Waals surface area (Å²) < 4.78 is 5.24. The molecule has 0 aliphatic heterocycles. The highest BCUT2D eigenvalue weighted by Gasteiger charge is 2.09. The van der Waals surface area contributed by atoms with E-state index < -0.39 is 0 Å². The second-order valence-corrected chi connectivity index (χ2v) is 6.44. The number of halogens is 2. The number of aromatic nitrogens is 1. The topological polar surface area (TPSA) is 51.2 Å². The standard InChI is InChI=1S/C20H16Cl2N2O2/c1-26-17-4-2-3-14(9-17)15-8-16(12-23-11-15)20(25)24-10-13-5-6-18(21)19(22)7-13/h2-9,11-12H,10H2,1H3,(H,24,25). The van der Waals surface area contributed by atoms with E-state index in [1.54, 1.807) is 31.5 Å². The van der Waals surface area contributed by atoms with Crippen molar-refractivity contribution in [3.8, 4) is 16.9 Å². The van der Waals surface area contributed by atoms with Crippen molar-refractivity contribution >= 4 is 29.1 Å². The fourth-order valence-corrected chi connectivity index (χ4v) is 2.78. The van der Waals surface area contributed by atoms with E-state index in [1.807, 2.05) is 30.3 Å². The maximum absolute atomic E-state index is 12.4. The summed E-state index contributed by atoms with van der Waals surface area (Å²) in [4.78, 5) is 16.6. The number of nitrogens with zero attached hydrogens (tertiary/aromatic N) is 1. The summed E-state index contributed by atoms with van der Waals surface area (Å²) in [7, 11) is 1.62. The Labute approximate surface area is 161 Å². The molecule has 0 saturated carbocycles. The van der Waals surface area contributed by atoms with Gasteiger partial charge in [-0.05, 0) is 41.5 Å². The summed E-state index contributed by atoms with van der Waals surface area (Å²) in [5, 5.41) is 3.80. The normalized spacial score (nSPS) is 10.4. The van der Waals surface area contributed by atoms with Crippen molar-refractivity contribution in [3.63, 3.8) is 0 Å².